The van der Waals surface area contributed by atoms with Crippen LogP contribution in [-0.2, 0) is 14.3 Å². The van der Waals surface area contributed by atoms with Crippen molar-refractivity contribution in [2.45, 2.75) is 25.5 Å². The smallest absolute Gasteiger partial charge is 0.323 e. The summed E-state index contributed by atoms with van der Waals surface area (Å²) in [6.07, 6.45) is 0.475. The first-order chi connectivity index (χ1) is 9.58. The van der Waals surface area contributed by atoms with Gasteiger partial charge in [0, 0.05) is 31.6 Å². The van der Waals surface area contributed by atoms with Gasteiger partial charge in [-0.25, -0.2) is 0 Å². The average Bonchev–Trinajstić information content (AvgIpc) is 2.86. The van der Waals surface area contributed by atoms with Crippen LogP contribution in [0.3, 0.4) is 0 Å². The Morgan fingerprint density at radius 2 is 2.20 bits per heavy atom. The zero-order chi connectivity index (χ0) is 14.5. The van der Waals surface area contributed by atoms with Gasteiger partial charge in [-0.3, -0.25) is 9.59 Å². The van der Waals surface area contributed by atoms with E-state index in [4.69, 9.17) is 9.47 Å². The fourth-order valence-electron chi connectivity index (χ4n) is 2.16. The molecule has 6 heteroatoms. The Labute approximate surface area is 117 Å². The largest absolute Gasteiger partial charge is 0.489 e. The lowest BCUT2D eigenvalue weighted by molar-refractivity contribution is -0.142. The summed E-state index contributed by atoms with van der Waals surface area (Å²) >= 11 is 0. The first kappa shape index (κ1) is 14.3. The van der Waals surface area contributed by atoms with Crippen LogP contribution in [0.5, 0.6) is 5.75 Å². The highest BCUT2D eigenvalue weighted by molar-refractivity contribution is 5.88. The van der Waals surface area contributed by atoms with Crippen molar-refractivity contribution in [1.29, 1.82) is 0 Å². The van der Waals surface area contributed by atoms with E-state index in [1.807, 2.05) is 6.07 Å². The van der Waals surface area contributed by atoms with Gasteiger partial charge in [0.25, 0.3) is 0 Å². The predicted molar refractivity (Wildman–Crippen MR) is 73.6 cm³/mol. The second kappa shape index (κ2) is 6.38. The summed E-state index contributed by atoms with van der Waals surface area (Å²) in [5.74, 6) is 0.257. The fraction of sp³-hybridized carbons (Fsp3) is 0.429. The molecule has 2 rings (SSSR count). The Balaban J connectivity index is 1.94. The van der Waals surface area contributed by atoms with E-state index in [1.54, 1.807) is 18.2 Å². The third kappa shape index (κ3) is 3.71. The van der Waals surface area contributed by atoms with E-state index in [1.165, 1.54) is 14.0 Å². The highest BCUT2D eigenvalue weighted by atomic mass is 16.5. The molecule has 1 amide bonds. The van der Waals surface area contributed by atoms with Crippen molar-refractivity contribution in [1.82, 2.24) is 5.32 Å². The van der Waals surface area contributed by atoms with Gasteiger partial charge in [0.05, 0.1) is 7.11 Å². The van der Waals surface area contributed by atoms with Crippen LogP contribution in [0, 0.1) is 0 Å². The second-order valence-corrected chi connectivity index (χ2v) is 4.67. The molecular formula is C14H18N2O4. The molecule has 20 heavy (non-hydrogen) atoms. The molecule has 1 aliphatic heterocycles. The summed E-state index contributed by atoms with van der Waals surface area (Å²) in [6.45, 7) is 2.04. The minimum absolute atomic E-state index is 0.0910. The Morgan fingerprint density at radius 1 is 1.40 bits per heavy atom. The van der Waals surface area contributed by atoms with E-state index in [2.05, 4.69) is 10.6 Å². The first-order valence-electron chi connectivity index (χ1n) is 6.44. The maximum Gasteiger partial charge on any atom is 0.323 e. The average molecular weight is 278 g/mol. The minimum Gasteiger partial charge on any atom is -0.489 e. The summed E-state index contributed by atoms with van der Waals surface area (Å²) in [6, 6.07) is 6.85. The number of carbonyl (C=O) groups is 2. The number of anilines is 1. The van der Waals surface area contributed by atoms with Gasteiger partial charge in [-0.15, -0.1) is 0 Å². The normalized spacial score (nSPS) is 21.3. The maximum atomic E-state index is 11.4. The van der Waals surface area contributed by atoms with Crippen LogP contribution in [0.1, 0.15) is 13.3 Å². The quantitative estimate of drug-likeness (QED) is 0.801. The van der Waals surface area contributed by atoms with Gasteiger partial charge in [-0.05, 0) is 12.1 Å². The van der Waals surface area contributed by atoms with Crippen LogP contribution in [0.25, 0.3) is 0 Å². The molecule has 1 aromatic carbocycles. The van der Waals surface area contributed by atoms with Gasteiger partial charge in [0.2, 0.25) is 5.91 Å². The minimum atomic E-state index is -0.316. The van der Waals surface area contributed by atoms with Crippen LogP contribution < -0.4 is 15.4 Å². The highest BCUT2D eigenvalue weighted by Crippen LogP contribution is 2.21. The summed E-state index contributed by atoms with van der Waals surface area (Å²) < 4.78 is 10.5. The molecule has 1 saturated heterocycles. The number of benzene rings is 1. The number of ether oxygens (including phenoxy) is 2. The summed E-state index contributed by atoms with van der Waals surface area (Å²) in [4.78, 5) is 22.4. The number of methoxy groups -OCH3 is 1. The van der Waals surface area contributed by atoms with Crippen molar-refractivity contribution in [3.63, 3.8) is 0 Å². The van der Waals surface area contributed by atoms with Crippen LogP contribution >= 0.6 is 0 Å². The molecule has 0 spiro atoms. The third-order valence-corrected chi connectivity index (χ3v) is 3.03. The number of esters is 1. The molecule has 6 nitrogen and oxygen atoms in total. The monoisotopic (exact) mass is 278 g/mol. The highest BCUT2D eigenvalue weighted by Gasteiger charge is 2.31. The molecule has 1 aliphatic rings. The zero-order valence-corrected chi connectivity index (χ0v) is 11.5. The van der Waals surface area contributed by atoms with Crippen molar-refractivity contribution < 1.29 is 19.1 Å². The standard InChI is InChI=1S/C14H18N2O4/c1-9(17)16-10-4-3-5-11(6-10)20-12-7-13(15-8-12)14(18)19-2/h3-6,12-13,15H,7-8H2,1-2H3,(H,16,17)/t12-,13-/m1/s1. The van der Waals surface area contributed by atoms with Crippen molar-refractivity contribution in [3.05, 3.63) is 24.3 Å². The van der Waals surface area contributed by atoms with Gasteiger partial charge in [-0.2, -0.15) is 0 Å². The molecule has 108 valence electrons. The lowest BCUT2D eigenvalue weighted by atomic mass is 10.2. The summed E-state index contributed by atoms with van der Waals surface area (Å²) in [5.41, 5.74) is 0.686. The fourth-order valence-corrected chi connectivity index (χ4v) is 2.16. The number of nitrogens with one attached hydrogen (secondary N) is 2. The van der Waals surface area contributed by atoms with Crippen molar-refractivity contribution in [2.24, 2.45) is 0 Å². The molecular weight excluding hydrogens is 260 g/mol. The van der Waals surface area contributed by atoms with Crippen LogP contribution in [0.15, 0.2) is 24.3 Å². The maximum absolute atomic E-state index is 11.4. The molecule has 0 unspecified atom stereocenters. The van der Waals surface area contributed by atoms with Gasteiger partial charge in [0.1, 0.15) is 17.9 Å². The summed E-state index contributed by atoms with van der Waals surface area (Å²) in [7, 11) is 1.37. The van der Waals surface area contributed by atoms with E-state index in [0.29, 0.717) is 24.4 Å². The Morgan fingerprint density at radius 3 is 2.90 bits per heavy atom. The Kier molecular flexibility index (Phi) is 4.57. The second-order valence-electron chi connectivity index (χ2n) is 4.67. The zero-order valence-electron chi connectivity index (χ0n) is 11.5. The Hall–Kier alpha value is -2.08. The number of rotatable bonds is 4. The van der Waals surface area contributed by atoms with E-state index in [9.17, 15) is 9.59 Å². The molecule has 2 N–H and O–H groups in total. The predicted octanol–water partition coefficient (Wildman–Crippen LogP) is 0.927. The van der Waals surface area contributed by atoms with E-state index >= 15 is 0 Å². The lowest BCUT2D eigenvalue weighted by Gasteiger charge is -2.13. The first-order valence-corrected chi connectivity index (χ1v) is 6.44. The number of hydrogen-bond acceptors (Lipinski definition) is 5. The molecule has 0 radical (unpaired) electrons. The molecule has 1 aromatic rings. The molecule has 0 aliphatic carbocycles. The molecule has 0 bridgehead atoms. The molecule has 0 aromatic heterocycles. The summed E-state index contributed by atoms with van der Waals surface area (Å²) in [5, 5.41) is 5.75. The van der Waals surface area contributed by atoms with Crippen molar-refractivity contribution in [2.75, 3.05) is 19.0 Å². The van der Waals surface area contributed by atoms with Crippen molar-refractivity contribution >= 4 is 17.6 Å². The SMILES string of the molecule is COC(=O)[C@H]1C[C@@H](Oc2cccc(NC(C)=O)c2)CN1. The molecule has 2 atom stereocenters. The van der Waals surface area contributed by atoms with Crippen molar-refractivity contribution in [3.8, 4) is 5.75 Å². The number of hydrogen-bond donors (Lipinski definition) is 2. The lowest BCUT2D eigenvalue weighted by Crippen LogP contribution is -2.31. The van der Waals surface area contributed by atoms with Gasteiger partial charge in [-0.1, -0.05) is 6.07 Å². The van der Waals surface area contributed by atoms with Gasteiger partial charge in [0.15, 0.2) is 0 Å². The van der Waals surface area contributed by atoms with E-state index in [0.717, 1.165) is 0 Å². The van der Waals surface area contributed by atoms with Gasteiger partial charge < -0.3 is 20.1 Å². The number of carbonyl (C=O) groups excluding carboxylic acids is 2. The van der Waals surface area contributed by atoms with Gasteiger partial charge >= 0.3 is 5.97 Å². The van der Waals surface area contributed by atoms with Crippen LogP contribution in [-0.4, -0.2) is 37.7 Å². The third-order valence-electron chi connectivity index (χ3n) is 3.03. The molecule has 1 heterocycles. The van der Waals surface area contributed by atoms with Crippen LogP contribution in [0.2, 0.25) is 0 Å². The van der Waals surface area contributed by atoms with E-state index in [-0.39, 0.29) is 24.0 Å². The topological polar surface area (TPSA) is 76.7 Å². The van der Waals surface area contributed by atoms with Crippen LogP contribution in [0.4, 0.5) is 5.69 Å². The molecule has 0 saturated carbocycles. The molecule has 1 fully saturated rings. The number of amides is 1. The van der Waals surface area contributed by atoms with E-state index < -0.39 is 0 Å². The Bertz CT molecular complexity index is 504.